The molecular weight excluding hydrogens is 309 g/mol. The highest BCUT2D eigenvalue weighted by molar-refractivity contribution is 6.31. The molecule has 0 spiro atoms. The third kappa shape index (κ3) is 3.43. The van der Waals surface area contributed by atoms with E-state index in [1.807, 2.05) is 0 Å². The molecule has 110 valence electrons. The van der Waals surface area contributed by atoms with Gasteiger partial charge in [-0.15, -0.1) is 0 Å². The van der Waals surface area contributed by atoms with Gasteiger partial charge in [0, 0.05) is 24.0 Å². The molecule has 1 amide bonds. The SMILES string of the molecule is O=C(Nc1cc(C(F)(F)F)c(Cl)cc1O)c1ccncc1. The molecule has 0 saturated carbocycles. The number of carbonyl (C=O) groups is 1. The molecule has 0 aliphatic heterocycles. The molecule has 21 heavy (non-hydrogen) atoms. The Morgan fingerprint density at radius 2 is 1.86 bits per heavy atom. The Kier molecular flexibility index (Phi) is 4.04. The second-order valence-corrected chi connectivity index (χ2v) is 4.44. The number of pyridine rings is 1. The average Bonchev–Trinajstić information content (AvgIpc) is 2.41. The molecule has 0 saturated heterocycles. The van der Waals surface area contributed by atoms with Crippen molar-refractivity contribution in [1.82, 2.24) is 4.98 Å². The Labute approximate surface area is 122 Å². The number of phenols is 1. The highest BCUT2D eigenvalue weighted by atomic mass is 35.5. The van der Waals surface area contributed by atoms with E-state index in [1.165, 1.54) is 24.5 Å². The van der Waals surface area contributed by atoms with Crippen molar-refractivity contribution in [1.29, 1.82) is 0 Å². The van der Waals surface area contributed by atoms with Crippen LogP contribution < -0.4 is 5.32 Å². The minimum absolute atomic E-state index is 0.188. The third-order valence-electron chi connectivity index (χ3n) is 2.58. The zero-order valence-electron chi connectivity index (χ0n) is 10.3. The van der Waals surface area contributed by atoms with Gasteiger partial charge in [-0.05, 0) is 18.2 Å². The van der Waals surface area contributed by atoms with E-state index in [2.05, 4.69) is 10.3 Å². The van der Waals surface area contributed by atoms with E-state index in [9.17, 15) is 23.1 Å². The molecule has 0 fully saturated rings. The largest absolute Gasteiger partial charge is 0.506 e. The summed E-state index contributed by atoms with van der Waals surface area (Å²) in [5, 5.41) is 11.1. The van der Waals surface area contributed by atoms with Gasteiger partial charge in [0.05, 0.1) is 16.3 Å². The molecule has 4 nitrogen and oxygen atoms in total. The smallest absolute Gasteiger partial charge is 0.417 e. The first kappa shape index (κ1) is 15.1. The maximum Gasteiger partial charge on any atom is 0.417 e. The lowest BCUT2D eigenvalue weighted by atomic mass is 10.1. The van der Waals surface area contributed by atoms with E-state index in [4.69, 9.17) is 11.6 Å². The first-order valence-corrected chi connectivity index (χ1v) is 5.98. The van der Waals surface area contributed by atoms with E-state index in [-0.39, 0.29) is 11.3 Å². The van der Waals surface area contributed by atoms with Crippen LogP contribution in [0.25, 0.3) is 0 Å². The number of hydrogen-bond acceptors (Lipinski definition) is 3. The summed E-state index contributed by atoms with van der Waals surface area (Å²) >= 11 is 5.44. The quantitative estimate of drug-likeness (QED) is 0.830. The molecular formula is C13H8ClF3N2O2. The van der Waals surface area contributed by atoms with Gasteiger partial charge < -0.3 is 10.4 Å². The molecule has 0 unspecified atom stereocenters. The molecule has 1 aromatic heterocycles. The van der Waals surface area contributed by atoms with Gasteiger partial charge in [-0.25, -0.2) is 0 Å². The van der Waals surface area contributed by atoms with Gasteiger partial charge in [-0.3, -0.25) is 9.78 Å². The number of aromatic hydroxyl groups is 1. The van der Waals surface area contributed by atoms with Crippen molar-refractivity contribution in [3.63, 3.8) is 0 Å². The molecule has 8 heteroatoms. The molecule has 0 radical (unpaired) electrons. The van der Waals surface area contributed by atoms with E-state index >= 15 is 0 Å². The van der Waals surface area contributed by atoms with Crippen LogP contribution in [0.2, 0.25) is 5.02 Å². The summed E-state index contributed by atoms with van der Waals surface area (Å²) in [5.41, 5.74) is -1.34. The topological polar surface area (TPSA) is 62.2 Å². The lowest BCUT2D eigenvalue weighted by Gasteiger charge is -2.13. The first-order chi connectivity index (χ1) is 9.79. The Morgan fingerprint density at radius 3 is 2.43 bits per heavy atom. The van der Waals surface area contributed by atoms with Gasteiger partial charge in [-0.1, -0.05) is 11.6 Å². The van der Waals surface area contributed by atoms with Crippen LogP contribution in [-0.2, 0) is 6.18 Å². The van der Waals surface area contributed by atoms with Gasteiger partial charge in [0.25, 0.3) is 5.91 Å². The average molecular weight is 317 g/mol. The highest BCUT2D eigenvalue weighted by Gasteiger charge is 2.34. The number of amides is 1. The number of phenolic OH excluding ortho intramolecular Hbond substituents is 1. The van der Waals surface area contributed by atoms with Crippen LogP contribution in [0.5, 0.6) is 5.75 Å². The molecule has 0 aliphatic rings. The number of benzene rings is 1. The van der Waals surface area contributed by atoms with Crippen LogP contribution in [0.4, 0.5) is 18.9 Å². The first-order valence-electron chi connectivity index (χ1n) is 5.60. The van der Waals surface area contributed by atoms with Crippen molar-refractivity contribution in [2.75, 3.05) is 5.32 Å². The lowest BCUT2D eigenvalue weighted by Crippen LogP contribution is -2.13. The molecule has 0 atom stereocenters. The number of nitrogens with zero attached hydrogens (tertiary/aromatic N) is 1. The van der Waals surface area contributed by atoms with Crippen LogP contribution >= 0.6 is 11.6 Å². The number of carbonyl (C=O) groups excluding carboxylic acids is 1. The summed E-state index contributed by atoms with van der Waals surface area (Å²) in [6.45, 7) is 0. The summed E-state index contributed by atoms with van der Waals surface area (Å²) < 4.78 is 38.2. The normalized spacial score (nSPS) is 11.2. The number of halogens is 4. The monoisotopic (exact) mass is 316 g/mol. The predicted molar refractivity (Wildman–Crippen MR) is 70.3 cm³/mol. The number of nitrogens with one attached hydrogen (secondary N) is 1. The summed E-state index contributed by atoms with van der Waals surface area (Å²) in [6.07, 6.45) is -1.98. The van der Waals surface area contributed by atoms with Crippen LogP contribution in [0, 0.1) is 0 Å². The van der Waals surface area contributed by atoms with Gasteiger partial charge in [0.2, 0.25) is 0 Å². The molecule has 1 aromatic carbocycles. The van der Waals surface area contributed by atoms with Crippen molar-refractivity contribution >= 4 is 23.2 Å². The fraction of sp³-hybridized carbons (Fsp3) is 0.0769. The van der Waals surface area contributed by atoms with Crippen molar-refractivity contribution in [2.45, 2.75) is 6.18 Å². The molecule has 2 N–H and O–H groups in total. The zero-order chi connectivity index (χ0) is 15.6. The van der Waals surface area contributed by atoms with E-state index in [1.54, 1.807) is 0 Å². The fourth-order valence-electron chi connectivity index (χ4n) is 1.58. The van der Waals surface area contributed by atoms with Crippen LogP contribution in [0.3, 0.4) is 0 Å². The second kappa shape index (κ2) is 5.61. The summed E-state index contributed by atoms with van der Waals surface area (Å²) in [4.78, 5) is 15.6. The number of anilines is 1. The Bertz CT molecular complexity index is 675. The lowest BCUT2D eigenvalue weighted by molar-refractivity contribution is -0.137. The number of hydrogen-bond donors (Lipinski definition) is 2. The molecule has 0 aliphatic carbocycles. The minimum Gasteiger partial charge on any atom is -0.506 e. The maximum absolute atomic E-state index is 12.7. The van der Waals surface area contributed by atoms with Crippen LogP contribution in [-0.4, -0.2) is 16.0 Å². The van der Waals surface area contributed by atoms with Crippen molar-refractivity contribution in [2.24, 2.45) is 0 Å². The van der Waals surface area contributed by atoms with Crippen LogP contribution in [0.15, 0.2) is 36.7 Å². The highest BCUT2D eigenvalue weighted by Crippen LogP contribution is 2.40. The molecule has 1 heterocycles. The van der Waals surface area contributed by atoms with Crippen molar-refractivity contribution in [3.05, 3.63) is 52.8 Å². The van der Waals surface area contributed by atoms with Gasteiger partial charge in [0.15, 0.2) is 0 Å². The minimum atomic E-state index is -4.69. The Balaban J connectivity index is 2.35. The fourth-order valence-corrected chi connectivity index (χ4v) is 1.84. The van der Waals surface area contributed by atoms with Gasteiger partial charge in [-0.2, -0.15) is 13.2 Å². The predicted octanol–water partition coefficient (Wildman–Crippen LogP) is 3.71. The van der Waals surface area contributed by atoms with Crippen molar-refractivity contribution in [3.8, 4) is 5.75 Å². The van der Waals surface area contributed by atoms with Crippen molar-refractivity contribution < 1.29 is 23.1 Å². The Hall–Kier alpha value is -2.28. The van der Waals surface area contributed by atoms with Gasteiger partial charge >= 0.3 is 6.18 Å². The molecule has 2 aromatic rings. The second-order valence-electron chi connectivity index (χ2n) is 4.04. The van der Waals surface area contributed by atoms with E-state index in [0.717, 1.165) is 6.07 Å². The van der Waals surface area contributed by atoms with E-state index < -0.39 is 28.4 Å². The van der Waals surface area contributed by atoms with Gasteiger partial charge in [0.1, 0.15) is 5.75 Å². The number of rotatable bonds is 2. The third-order valence-corrected chi connectivity index (χ3v) is 2.89. The van der Waals surface area contributed by atoms with E-state index in [0.29, 0.717) is 6.07 Å². The summed E-state index contributed by atoms with van der Waals surface area (Å²) in [7, 11) is 0. The standard InChI is InChI=1S/C13H8ClF3N2O2/c14-9-6-11(20)10(5-8(9)13(15,16)17)19-12(21)7-1-3-18-4-2-7/h1-6,20H,(H,19,21). The number of alkyl halides is 3. The zero-order valence-corrected chi connectivity index (χ0v) is 11.0. The molecule has 2 rings (SSSR count). The summed E-state index contributed by atoms with van der Waals surface area (Å²) in [6, 6.07) is 4.07. The number of aromatic nitrogens is 1. The Morgan fingerprint density at radius 1 is 1.24 bits per heavy atom. The molecule has 0 bridgehead atoms. The maximum atomic E-state index is 12.7. The van der Waals surface area contributed by atoms with Crippen LogP contribution in [0.1, 0.15) is 15.9 Å². The summed E-state index contributed by atoms with van der Waals surface area (Å²) in [5.74, 6) is -1.24.